The zero-order valence-corrected chi connectivity index (χ0v) is 12.0. The van der Waals surface area contributed by atoms with Crippen molar-refractivity contribution < 1.29 is 4.39 Å². The van der Waals surface area contributed by atoms with E-state index in [1.54, 1.807) is 12.3 Å². The van der Waals surface area contributed by atoms with E-state index < -0.39 is 0 Å². The van der Waals surface area contributed by atoms with Crippen LogP contribution in [0.15, 0.2) is 48.8 Å². The number of nitrogens with one attached hydrogen (secondary N) is 1. The topological polar surface area (TPSA) is 24.9 Å². The van der Waals surface area contributed by atoms with Crippen molar-refractivity contribution in [3.05, 3.63) is 65.7 Å². The SMILES string of the molecule is CCCC(NC(C)c1cncc(F)c1)c1ccccc1. The highest BCUT2D eigenvalue weighted by molar-refractivity contribution is 5.21. The summed E-state index contributed by atoms with van der Waals surface area (Å²) in [4.78, 5) is 3.92. The maximum absolute atomic E-state index is 13.2. The third-order valence-corrected chi connectivity index (χ3v) is 3.46. The Morgan fingerprint density at radius 3 is 2.55 bits per heavy atom. The van der Waals surface area contributed by atoms with Crippen LogP contribution in [0, 0.1) is 5.82 Å². The van der Waals surface area contributed by atoms with E-state index in [9.17, 15) is 4.39 Å². The van der Waals surface area contributed by atoms with Gasteiger partial charge in [0.2, 0.25) is 0 Å². The first-order valence-electron chi connectivity index (χ1n) is 7.12. The van der Waals surface area contributed by atoms with E-state index in [0.717, 1.165) is 18.4 Å². The summed E-state index contributed by atoms with van der Waals surface area (Å²) >= 11 is 0. The molecule has 20 heavy (non-hydrogen) atoms. The van der Waals surface area contributed by atoms with Crippen LogP contribution in [0.3, 0.4) is 0 Å². The fourth-order valence-corrected chi connectivity index (χ4v) is 2.38. The smallest absolute Gasteiger partial charge is 0.141 e. The summed E-state index contributed by atoms with van der Waals surface area (Å²) in [5.41, 5.74) is 2.15. The second-order valence-corrected chi connectivity index (χ2v) is 5.08. The first-order chi connectivity index (χ1) is 9.70. The molecule has 0 aliphatic heterocycles. The zero-order chi connectivity index (χ0) is 14.4. The van der Waals surface area contributed by atoms with E-state index in [-0.39, 0.29) is 17.9 Å². The van der Waals surface area contributed by atoms with Crippen LogP contribution in [-0.2, 0) is 0 Å². The Morgan fingerprint density at radius 2 is 1.90 bits per heavy atom. The minimum Gasteiger partial charge on any atom is -0.303 e. The molecule has 106 valence electrons. The highest BCUT2D eigenvalue weighted by Crippen LogP contribution is 2.23. The van der Waals surface area contributed by atoms with E-state index in [2.05, 4.69) is 29.4 Å². The average molecular weight is 272 g/mol. The summed E-state index contributed by atoms with van der Waals surface area (Å²) in [6, 6.07) is 12.3. The summed E-state index contributed by atoms with van der Waals surface area (Å²) < 4.78 is 13.2. The largest absolute Gasteiger partial charge is 0.303 e. The van der Waals surface area contributed by atoms with Crippen molar-refractivity contribution in [3.63, 3.8) is 0 Å². The van der Waals surface area contributed by atoms with Crippen molar-refractivity contribution >= 4 is 0 Å². The minimum absolute atomic E-state index is 0.0648. The maximum atomic E-state index is 13.2. The molecule has 0 aliphatic rings. The molecule has 2 atom stereocenters. The molecule has 2 nitrogen and oxygen atoms in total. The first-order valence-corrected chi connectivity index (χ1v) is 7.12. The Balaban J connectivity index is 2.12. The van der Waals surface area contributed by atoms with Crippen LogP contribution in [0.2, 0.25) is 0 Å². The zero-order valence-electron chi connectivity index (χ0n) is 12.0. The van der Waals surface area contributed by atoms with E-state index in [1.165, 1.54) is 11.8 Å². The fourth-order valence-electron chi connectivity index (χ4n) is 2.38. The summed E-state index contributed by atoms with van der Waals surface area (Å²) in [5.74, 6) is -0.289. The van der Waals surface area contributed by atoms with Gasteiger partial charge in [0.05, 0.1) is 6.20 Å². The van der Waals surface area contributed by atoms with Gasteiger partial charge in [-0.05, 0) is 30.5 Å². The number of rotatable bonds is 6. The van der Waals surface area contributed by atoms with Crippen LogP contribution >= 0.6 is 0 Å². The van der Waals surface area contributed by atoms with Gasteiger partial charge in [0.25, 0.3) is 0 Å². The molecule has 1 aromatic carbocycles. The summed E-state index contributed by atoms with van der Waals surface area (Å²) in [6.45, 7) is 4.22. The molecule has 1 heterocycles. The summed E-state index contributed by atoms with van der Waals surface area (Å²) in [7, 11) is 0. The lowest BCUT2D eigenvalue weighted by molar-refractivity contribution is 0.437. The lowest BCUT2D eigenvalue weighted by Crippen LogP contribution is -2.24. The Bertz CT molecular complexity index is 528. The lowest BCUT2D eigenvalue weighted by Gasteiger charge is -2.23. The molecular formula is C17H21FN2. The minimum atomic E-state index is -0.289. The molecule has 1 aromatic heterocycles. The third-order valence-electron chi connectivity index (χ3n) is 3.46. The van der Waals surface area contributed by atoms with Crippen molar-refractivity contribution in [2.75, 3.05) is 0 Å². The molecule has 0 saturated heterocycles. The molecule has 0 saturated carbocycles. The van der Waals surface area contributed by atoms with Gasteiger partial charge in [-0.2, -0.15) is 0 Å². The van der Waals surface area contributed by atoms with Crippen LogP contribution in [0.4, 0.5) is 4.39 Å². The van der Waals surface area contributed by atoms with Gasteiger partial charge in [-0.15, -0.1) is 0 Å². The number of benzene rings is 1. The van der Waals surface area contributed by atoms with Crippen LogP contribution in [0.5, 0.6) is 0 Å². The van der Waals surface area contributed by atoms with Crippen molar-refractivity contribution in [1.82, 2.24) is 10.3 Å². The Labute approximate surface area is 120 Å². The van der Waals surface area contributed by atoms with Crippen LogP contribution in [0.1, 0.15) is 49.9 Å². The van der Waals surface area contributed by atoms with Gasteiger partial charge >= 0.3 is 0 Å². The normalized spacial score (nSPS) is 13.9. The van der Waals surface area contributed by atoms with Crippen LogP contribution in [-0.4, -0.2) is 4.98 Å². The Kier molecular flexibility index (Phi) is 5.24. The van der Waals surface area contributed by atoms with Crippen LogP contribution in [0.25, 0.3) is 0 Å². The number of pyridine rings is 1. The lowest BCUT2D eigenvalue weighted by atomic mass is 10.00. The molecule has 2 rings (SSSR count). The second-order valence-electron chi connectivity index (χ2n) is 5.08. The van der Waals surface area contributed by atoms with Gasteiger partial charge in [-0.3, -0.25) is 4.98 Å². The first kappa shape index (κ1) is 14.7. The molecule has 2 aromatic rings. The predicted molar refractivity (Wildman–Crippen MR) is 79.8 cm³/mol. The summed E-state index contributed by atoms with van der Waals surface area (Å²) in [6.07, 6.45) is 5.10. The number of halogens is 1. The molecule has 0 amide bonds. The number of hydrogen-bond donors (Lipinski definition) is 1. The summed E-state index contributed by atoms with van der Waals surface area (Å²) in [5, 5.41) is 3.57. The molecule has 0 spiro atoms. The molecule has 3 heteroatoms. The van der Waals surface area contributed by atoms with Gasteiger partial charge in [0, 0.05) is 18.3 Å². The predicted octanol–water partition coefficient (Wildman–Crippen LogP) is 4.41. The Morgan fingerprint density at radius 1 is 1.15 bits per heavy atom. The number of aromatic nitrogens is 1. The Hall–Kier alpha value is -1.74. The van der Waals surface area contributed by atoms with E-state index in [0.29, 0.717) is 0 Å². The molecule has 0 aliphatic carbocycles. The monoisotopic (exact) mass is 272 g/mol. The molecule has 0 radical (unpaired) electrons. The van der Waals surface area contributed by atoms with Gasteiger partial charge < -0.3 is 5.32 Å². The van der Waals surface area contributed by atoms with E-state index >= 15 is 0 Å². The molecular weight excluding hydrogens is 251 g/mol. The van der Waals surface area contributed by atoms with Crippen molar-refractivity contribution in [1.29, 1.82) is 0 Å². The molecule has 2 unspecified atom stereocenters. The standard InChI is InChI=1S/C17H21FN2/c1-3-7-17(14-8-5-4-6-9-14)20-13(2)15-10-16(18)12-19-11-15/h4-6,8-13,17,20H,3,7H2,1-2H3. The third kappa shape index (κ3) is 3.87. The van der Waals surface area contributed by atoms with Crippen LogP contribution < -0.4 is 5.32 Å². The number of nitrogens with zero attached hydrogens (tertiary/aromatic N) is 1. The van der Waals surface area contributed by atoms with Gasteiger partial charge in [-0.25, -0.2) is 4.39 Å². The van der Waals surface area contributed by atoms with Gasteiger partial charge in [0.15, 0.2) is 0 Å². The highest BCUT2D eigenvalue weighted by atomic mass is 19.1. The average Bonchev–Trinajstić information content (AvgIpc) is 2.47. The van der Waals surface area contributed by atoms with Crippen molar-refractivity contribution in [2.45, 2.75) is 38.8 Å². The number of hydrogen-bond acceptors (Lipinski definition) is 2. The van der Waals surface area contributed by atoms with E-state index in [4.69, 9.17) is 0 Å². The van der Waals surface area contributed by atoms with Crippen molar-refractivity contribution in [2.24, 2.45) is 0 Å². The van der Waals surface area contributed by atoms with E-state index in [1.807, 2.05) is 25.1 Å². The van der Waals surface area contributed by atoms with Gasteiger partial charge in [-0.1, -0.05) is 43.7 Å². The van der Waals surface area contributed by atoms with Crippen molar-refractivity contribution in [3.8, 4) is 0 Å². The fraction of sp³-hybridized carbons (Fsp3) is 0.353. The maximum Gasteiger partial charge on any atom is 0.141 e. The quantitative estimate of drug-likeness (QED) is 0.842. The molecule has 1 N–H and O–H groups in total. The molecule has 0 bridgehead atoms. The second kappa shape index (κ2) is 7.15. The molecule has 0 fully saturated rings. The highest BCUT2D eigenvalue weighted by Gasteiger charge is 2.15. The van der Waals surface area contributed by atoms with Gasteiger partial charge in [0.1, 0.15) is 5.82 Å².